The largest absolute Gasteiger partial charge is 0.364 e. The molecule has 0 saturated carbocycles. The number of nitrogens with zero attached hydrogens (tertiary/aromatic N) is 1. The zero-order valence-electron chi connectivity index (χ0n) is 11.1. The summed E-state index contributed by atoms with van der Waals surface area (Å²) in [6.07, 6.45) is 1.17. The van der Waals surface area contributed by atoms with Crippen LogP contribution in [0.5, 0.6) is 0 Å². The molecule has 0 amide bonds. The van der Waals surface area contributed by atoms with Crippen molar-refractivity contribution in [3.63, 3.8) is 0 Å². The maximum Gasteiger partial charge on any atom is 0.0432 e. The first-order valence-corrected chi connectivity index (χ1v) is 6.64. The first-order chi connectivity index (χ1) is 8.74. The Morgan fingerprint density at radius 1 is 1.06 bits per heavy atom. The van der Waals surface area contributed by atoms with Crippen LogP contribution in [0.4, 0.5) is 5.69 Å². The Morgan fingerprint density at radius 3 is 2.56 bits per heavy atom. The van der Waals surface area contributed by atoms with Crippen LogP contribution < -0.4 is 4.90 Å². The summed E-state index contributed by atoms with van der Waals surface area (Å²) in [4.78, 5) is 2.51. The summed E-state index contributed by atoms with van der Waals surface area (Å²) in [5.74, 6) is 0. The Kier molecular flexibility index (Phi) is 2.83. The number of benzene rings is 2. The number of para-hydroxylation sites is 1. The van der Waals surface area contributed by atoms with E-state index in [4.69, 9.17) is 0 Å². The number of rotatable bonds is 2. The Labute approximate surface area is 109 Å². The zero-order valence-corrected chi connectivity index (χ0v) is 11.1. The quantitative estimate of drug-likeness (QED) is 0.764. The second-order valence-electron chi connectivity index (χ2n) is 5.30. The van der Waals surface area contributed by atoms with Crippen LogP contribution in [0, 0.1) is 6.92 Å². The van der Waals surface area contributed by atoms with Gasteiger partial charge in [-0.25, -0.2) is 0 Å². The van der Waals surface area contributed by atoms with Crippen molar-refractivity contribution in [3.05, 3.63) is 65.2 Å². The van der Waals surface area contributed by atoms with E-state index in [0.29, 0.717) is 6.04 Å². The first-order valence-electron chi connectivity index (χ1n) is 6.64. The van der Waals surface area contributed by atoms with E-state index in [1.54, 1.807) is 0 Å². The molecule has 0 saturated heterocycles. The molecule has 2 aromatic rings. The van der Waals surface area contributed by atoms with Gasteiger partial charge in [-0.05, 0) is 37.5 Å². The van der Waals surface area contributed by atoms with Crippen LogP contribution in [0.15, 0.2) is 48.5 Å². The molecule has 1 nitrogen and oxygen atoms in total. The molecular weight excluding hydrogens is 218 g/mol. The molecule has 1 unspecified atom stereocenters. The highest BCUT2D eigenvalue weighted by Gasteiger charge is 2.25. The SMILES string of the molecule is Cc1ccc(CN2c3ccccc3CC2C)cc1. The van der Waals surface area contributed by atoms with E-state index < -0.39 is 0 Å². The van der Waals surface area contributed by atoms with E-state index in [1.165, 1.54) is 28.8 Å². The summed E-state index contributed by atoms with van der Waals surface area (Å²) in [5.41, 5.74) is 5.61. The molecule has 92 valence electrons. The molecule has 0 fully saturated rings. The van der Waals surface area contributed by atoms with Gasteiger partial charge >= 0.3 is 0 Å². The molecule has 1 aliphatic rings. The molecule has 0 aromatic heterocycles. The van der Waals surface area contributed by atoms with Gasteiger partial charge in [0.05, 0.1) is 0 Å². The van der Waals surface area contributed by atoms with Crippen molar-refractivity contribution in [1.82, 2.24) is 0 Å². The Hall–Kier alpha value is -1.76. The van der Waals surface area contributed by atoms with E-state index in [1.807, 2.05) is 0 Å². The summed E-state index contributed by atoms with van der Waals surface area (Å²) in [6, 6.07) is 18.2. The van der Waals surface area contributed by atoms with Gasteiger partial charge in [-0.15, -0.1) is 0 Å². The van der Waals surface area contributed by atoms with Crippen molar-refractivity contribution in [1.29, 1.82) is 0 Å². The lowest BCUT2D eigenvalue weighted by molar-refractivity contribution is 0.672. The molecule has 0 bridgehead atoms. The third kappa shape index (κ3) is 2.01. The normalized spacial score (nSPS) is 17.9. The van der Waals surface area contributed by atoms with Gasteiger partial charge in [-0.3, -0.25) is 0 Å². The predicted molar refractivity (Wildman–Crippen MR) is 77.0 cm³/mol. The standard InChI is InChI=1S/C17H19N/c1-13-7-9-15(10-8-13)12-18-14(2)11-16-5-3-4-6-17(16)18/h3-10,14H,11-12H2,1-2H3. The van der Waals surface area contributed by atoms with Crippen molar-refractivity contribution in [2.75, 3.05) is 4.90 Å². The average molecular weight is 237 g/mol. The van der Waals surface area contributed by atoms with Crippen molar-refractivity contribution >= 4 is 5.69 Å². The van der Waals surface area contributed by atoms with E-state index in [9.17, 15) is 0 Å². The van der Waals surface area contributed by atoms with E-state index in [2.05, 4.69) is 67.3 Å². The minimum absolute atomic E-state index is 0.601. The third-order valence-electron chi connectivity index (χ3n) is 3.82. The van der Waals surface area contributed by atoms with Crippen LogP contribution in [0.2, 0.25) is 0 Å². The van der Waals surface area contributed by atoms with E-state index >= 15 is 0 Å². The molecule has 1 aliphatic heterocycles. The van der Waals surface area contributed by atoms with Crippen LogP contribution >= 0.6 is 0 Å². The number of hydrogen-bond donors (Lipinski definition) is 0. The molecule has 1 heterocycles. The van der Waals surface area contributed by atoms with Crippen molar-refractivity contribution in [3.8, 4) is 0 Å². The van der Waals surface area contributed by atoms with E-state index in [-0.39, 0.29) is 0 Å². The average Bonchev–Trinajstić information content (AvgIpc) is 2.69. The molecule has 0 radical (unpaired) electrons. The molecule has 1 heteroatoms. The lowest BCUT2D eigenvalue weighted by atomic mass is 10.1. The fraction of sp³-hybridized carbons (Fsp3) is 0.294. The van der Waals surface area contributed by atoms with Crippen LogP contribution in [-0.2, 0) is 13.0 Å². The van der Waals surface area contributed by atoms with Crippen LogP contribution in [-0.4, -0.2) is 6.04 Å². The predicted octanol–water partition coefficient (Wildman–Crippen LogP) is 3.95. The highest BCUT2D eigenvalue weighted by molar-refractivity contribution is 5.59. The topological polar surface area (TPSA) is 3.24 Å². The molecule has 18 heavy (non-hydrogen) atoms. The summed E-state index contributed by atoms with van der Waals surface area (Å²) in [6.45, 7) is 5.46. The van der Waals surface area contributed by atoms with Gasteiger partial charge < -0.3 is 4.90 Å². The summed E-state index contributed by atoms with van der Waals surface area (Å²) < 4.78 is 0. The molecule has 3 rings (SSSR count). The Morgan fingerprint density at radius 2 is 1.78 bits per heavy atom. The fourth-order valence-corrected chi connectivity index (χ4v) is 2.76. The smallest absolute Gasteiger partial charge is 0.0432 e. The maximum atomic E-state index is 2.51. The summed E-state index contributed by atoms with van der Waals surface area (Å²) in [7, 11) is 0. The lowest BCUT2D eigenvalue weighted by Gasteiger charge is -2.25. The minimum Gasteiger partial charge on any atom is -0.364 e. The van der Waals surface area contributed by atoms with Gasteiger partial charge in [0.25, 0.3) is 0 Å². The summed E-state index contributed by atoms with van der Waals surface area (Å²) >= 11 is 0. The highest BCUT2D eigenvalue weighted by atomic mass is 15.2. The highest BCUT2D eigenvalue weighted by Crippen LogP contribution is 2.32. The number of fused-ring (bicyclic) bond motifs is 1. The first kappa shape index (κ1) is 11.3. The van der Waals surface area contributed by atoms with Crippen LogP contribution in [0.25, 0.3) is 0 Å². The number of aryl methyl sites for hydroxylation is 1. The van der Waals surface area contributed by atoms with Crippen LogP contribution in [0.1, 0.15) is 23.6 Å². The van der Waals surface area contributed by atoms with Gasteiger partial charge in [0, 0.05) is 18.3 Å². The molecule has 0 spiro atoms. The Balaban J connectivity index is 1.87. The monoisotopic (exact) mass is 237 g/mol. The van der Waals surface area contributed by atoms with Gasteiger partial charge in [0.2, 0.25) is 0 Å². The molecule has 0 N–H and O–H groups in total. The molecular formula is C17H19N. The minimum atomic E-state index is 0.601. The fourth-order valence-electron chi connectivity index (χ4n) is 2.76. The number of anilines is 1. The van der Waals surface area contributed by atoms with Crippen molar-refractivity contribution in [2.24, 2.45) is 0 Å². The summed E-state index contributed by atoms with van der Waals surface area (Å²) in [5, 5.41) is 0. The molecule has 0 aliphatic carbocycles. The van der Waals surface area contributed by atoms with Gasteiger partial charge in [-0.1, -0.05) is 48.0 Å². The number of hydrogen-bond acceptors (Lipinski definition) is 1. The second-order valence-corrected chi connectivity index (χ2v) is 5.30. The maximum absolute atomic E-state index is 2.51. The van der Waals surface area contributed by atoms with Crippen molar-refractivity contribution in [2.45, 2.75) is 32.9 Å². The lowest BCUT2D eigenvalue weighted by Crippen LogP contribution is -2.28. The molecule has 1 atom stereocenters. The van der Waals surface area contributed by atoms with Gasteiger partial charge in [0.15, 0.2) is 0 Å². The zero-order chi connectivity index (χ0) is 12.5. The third-order valence-corrected chi connectivity index (χ3v) is 3.82. The van der Waals surface area contributed by atoms with Gasteiger partial charge in [0.1, 0.15) is 0 Å². The van der Waals surface area contributed by atoms with Crippen molar-refractivity contribution < 1.29 is 0 Å². The van der Waals surface area contributed by atoms with Gasteiger partial charge in [-0.2, -0.15) is 0 Å². The Bertz CT molecular complexity index is 542. The second kappa shape index (κ2) is 4.49. The van der Waals surface area contributed by atoms with E-state index in [0.717, 1.165) is 6.54 Å². The molecule has 2 aromatic carbocycles. The van der Waals surface area contributed by atoms with Crippen LogP contribution in [0.3, 0.4) is 0 Å².